The molecule has 0 radical (unpaired) electrons. The van der Waals surface area contributed by atoms with Gasteiger partial charge in [-0.3, -0.25) is 4.68 Å². The van der Waals surface area contributed by atoms with Crippen LogP contribution >= 0.6 is 11.6 Å². The molecule has 0 spiro atoms. The van der Waals surface area contributed by atoms with Gasteiger partial charge in [-0.05, 0) is 31.9 Å². The highest BCUT2D eigenvalue weighted by Gasteiger charge is 2.07. The third-order valence-corrected chi connectivity index (χ3v) is 2.42. The van der Waals surface area contributed by atoms with Crippen molar-refractivity contribution in [2.45, 2.75) is 32.9 Å². The van der Waals surface area contributed by atoms with Crippen LogP contribution in [-0.4, -0.2) is 42.6 Å². The van der Waals surface area contributed by atoms with Gasteiger partial charge >= 0.3 is 6.01 Å². The van der Waals surface area contributed by atoms with Crippen LogP contribution in [0.5, 0.6) is 6.01 Å². The van der Waals surface area contributed by atoms with Crippen LogP contribution in [0.4, 0.5) is 5.95 Å². The second-order valence-electron chi connectivity index (χ2n) is 4.32. The lowest BCUT2D eigenvalue weighted by Gasteiger charge is -2.09. The molecule has 2 aromatic rings. The maximum atomic E-state index is 5.82. The van der Waals surface area contributed by atoms with Crippen molar-refractivity contribution in [3.8, 4) is 6.01 Å². The number of rotatable bonds is 7. The first-order chi connectivity index (χ1) is 9.63. The summed E-state index contributed by atoms with van der Waals surface area (Å²) in [5, 5.41) is 10.8. The van der Waals surface area contributed by atoms with Crippen LogP contribution in [0.3, 0.4) is 0 Å². The van der Waals surface area contributed by atoms with Gasteiger partial charge in [0, 0.05) is 19.3 Å². The smallest absolute Gasteiger partial charge is 0.322 e. The van der Waals surface area contributed by atoms with E-state index in [1.54, 1.807) is 10.9 Å². The zero-order valence-electron chi connectivity index (χ0n) is 11.3. The topological polar surface area (TPSA) is 90.6 Å². The Kier molecular flexibility index (Phi) is 5.05. The summed E-state index contributed by atoms with van der Waals surface area (Å²) < 4.78 is 7.15. The van der Waals surface area contributed by atoms with E-state index >= 15 is 0 Å². The molecule has 108 valence electrons. The largest absolute Gasteiger partial charge is 0.461 e. The third kappa shape index (κ3) is 4.61. The van der Waals surface area contributed by atoms with Crippen LogP contribution in [0.2, 0.25) is 5.28 Å². The first-order valence-corrected chi connectivity index (χ1v) is 6.67. The van der Waals surface area contributed by atoms with Crippen LogP contribution in [-0.2, 0) is 6.54 Å². The van der Waals surface area contributed by atoms with E-state index < -0.39 is 0 Å². The van der Waals surface area contributed by atoms with E-state index in [9.17, 15) is 0 Å². The summed E-state index contributed by atoms with van der Waals surface area (Å²) in [6.07, 6.45) is 4.30. The number of nitrogens with one attached hydrogen (secondary N) is 1. The normalized spacial score (nSPS) is 10.8. The predicted molar refractivity (Wildman–Crippen MR) is 73.7 cm³/mol. The summed E-state index contributed by atoms with van der Waals surface area (Å²) in [6.45, 7) is 5.23. The average molecular weight is 298 g/mol. The zero-order chi connectivity index (χ0) is 14.4. The molecule has 0 aliphatic rings. The lowest BCUT2D eigenvalue weighted by atomic mass is 10.4. The number of ether oxygens (including phenoxy) is 1. The number of aryl methyl sites for hydroxylation is 1. The van der Waals surface area contributed by atoms with Crippen LogP contribution < -0.4 is 10.1 Å². The molecule has 0 saturated carbocycles. The van der Waals surface area contributed by atoms with E-state index in [2.05, 4.69) is 30.6 Å². The standard InChI is InChI=1S/C11H16ClN7O/c1-8(2)20-11-16-9(12)15-10(17-11)13-4-3-6-19-7-5-14-18-19/h5,7-8H,3-4,6H2,1-2H3,(H,13,15,16,17). The van der Waals surface area contributed by atoms with Crippen molar-refractivity contribution >= 4 is 17.5 Å². The van der Waals surface area contributed by atoms with Crippen molar-refractivity contribution in [2.75, 3.05) is 11.9 Å². The Bertz CT molecular complexity index is 532. The molecule has 0 aromatic carbocycles. The van der Waals surface area contributed by atoms with Crippen molar-refractivity contribution in [1.29, 1.82) is 0 Å². The average Bonchev–Trinajstić information content (AvgIpc) is 2.86. The van der Waals surface area contributed by atoms with Crippen molar-refractivity contribution in [3.05, 3.63) is 17.7 Å². The molecule has 2 heterocycles. The summed E-state index contributed by atoms with van der Waals surface area (Å²) >= 11 is 5.82. The molecule has 0 bridgehead atoms. The molecule has 0 atom stereocenters. The van der Waals surface area contributed by atoms with E-state index in [0.717, 1.165) is 13.0 Å². The van der Waals surface area contributed by atoms with E-state index in [-0.39, 0.29) is 17.4 Å². The predicted octanol–water partition coefficient (Wildman–Crippen LogP) is 1.41. The summed E-state index contributed by atoms with van der Waals surface area (Å²) in [5.41, 5.74) is 0. The Morgan fingerprint density at radius 3 is 2.90 bits per heavy atom. The number of anilines is 1. The minimum atomic E-state index is -0.0198. The monoisotopic (exact) mass is 297 g/mol. The lowest BCUT2D eigenvalue weighted by molar-refractivity contribution is 0.222. The second kappa shape index (κ2) is 6.99. The summed E-state index contributed by atoms with van der Waals surface area (Å²) in [6, 6.07) is 0.221. The lowest BCUT2D eigenvalue weighted by Crippen LogP contribution is -2.13. The number of hydrogen-bond acceptors (Lipinski definition) is 7. The van der Waals surface area contributed by atoms with Gasteiger partial charge < -0.3 is 10.1 Å². The van der Waals surface area contributed by atoms with Gasteiger partial charge in [0.15, 0.2) is 0 Å². The molecule has 2 rings (SSSR count). The van der Waals surface area contributed by atoms with Gasteiger partial charge in [0.05, 0.1) is 12.3 Å². The van der Waals surface area contributed by atoms with Crippen LogP contribution in [0, 0.1) is 0 Å². The van der Waals surface area contributed by atoms with Gasteiger partial charge in [-0.15, -0.1) is 5.10 Å². The van der Waals surface area contributed by atoms with Crippen LogP contribution in [0.15, 0.2) is 12.4 Å². The SMILES string of the molecule is CC(C)Oc1nc(Cl)nc(NCCCn2ccnn2)n1. The Balaban J connectivity index is 1.84. The molecule has 0 saturated heterocycles. The molecule has 1 N–H and O–H groups in total. The molecular formula is C11H16ClN7O. The van der Waals surface area contributed by atoms with E-state index in [1.165, 1.54) is 0 Å². The summed E-state index contributed by atoms with van der Waals surface area (Å²) in [5.74, 6) is 0.402. The van der Waals surface area contributed by atoms with Gasteiger partial charge in [0.1, 0.15) is 0 Å². The highest BCUT2D eigenvalue weighted by molar-refractivity contribution is 6.28. The van der Waals surface area contributed by atoms with E-state index in [1.807, 2.05) is 20.0 Å². The fraction of sp³-hybridized carbons (Fsp3) is 0.545. The molecule has 20 heavy (non-hydrogen) atoms. The minimum Gasteiger partial charge on any atom is -0.461 e. The molecule has 0 fully saturated rings. The number of hydrogen-bond donors (Lipinski definition) is 1. The second-order valence-corrected chi connectivity index (χ2v) is 4.66. The third-order valence-electron chi connectivity index (χ3n) is 2.25. The molecule has 0 aliphatic carbocycles. The fourth-order valence-corrected chi connectivity index (χ4v) is 1.62. The number of aromatic nitrogens is 6. The Morgan fingerprint density at radius 1 is 1.35 bits per heavy atom. The highest BCUT2D eigenvalue weighted by atomic mass is 35.5. The molecule has 2 aromatic heterocycles. The molecule has 9 heteroatoms. The van der Waals surface area contributed by atoms with Gasteiger partial charge in [0.2, 0.25) is 11.2 Å². The summed E-state index contributed by atoms with van der Waals surface area (Å²) in [4.78, 5) is 12.0. The Labute approximate surface area is 121 Å². The van der Waals surface area contributed by atoms with E-state index in [0.29, 0.717) is 12.5 Å². The van der Waals surface area contributed by atoms with Crippen molar-refractivity contribution in [1.82, 2.24) is 29.9 Å². The number of halogens is 1. The zero-order valence-corrected chi connectivity index (χ0v) is 12.1. The highest BCUT2D eigenvalue weighted by Crippen LogP contribution is 2.12. The molecule has 8 nitrogen and oxygen atoms in total. The molecule has 0 aliphatic heterocycles. The molecule has 0 unspecified atom stereocenters. The fourth-order valence-electron chi connectivity index (χ4n) is 1.47. The Morgan fingerprint density at radius 2 is 2.20 bits per heavy atom. The van der Waals surface area contributed by atoms with E-state index in [4.69, 9.17) is 16.3 Å². The maximum absolute atomic E-state index is 5.82. The van der Waals surface area contributed by atoms with Gasteiger partial charge in [-0.2, -0.15) is 15.0 Å². The maximum Gasteiger partial charge on any atom is 0.322 e. The minimum absolute atomic E-state index is 0.0198. The molecular weight excluding hydrogens is 282 g/mol. The van der Waals surface area contributed by atoms with Crippen molar-refractivity contribution in [2.24, 2.45) is 0 Å². The van der Waals surface area contributed by atoms with Gasteiger partial charge in [0.25, 0.3) is 0 Å². The first kappa shape index (κ1) is 14.4. The van der Waals surface area contributed by atoms with Crippen molar-refractivity contribution in [3.63, 3.8) is 0 Å². The first-order valence-electron chi connectivity index (χ1n) is 6.29. The molecule has 0 amide bonds. The quantitative estimate of drug-likeness (QED) is 0.772. The van der Waals surface area contributed by atoms with Crippen molar-refractivity contribution < 1.29 is 4.74 Å². The number of nitrogens with zero attached hydrogens (tertiary/aromatic N) is 6. The van der Waals surface area contributed by atoms with Crippen LogP contribution in [0.25, 0.3) is 0 Å². The van der Waals surface area contributed by atoms with Crippen LogP contribution in [0.1, 0.15) is 20.3 Å². The van der Waals surface area contributed by atoms with Gasteiger partial charge in [-0.25, -0.2) is 0 Å². The Hall–Kier alpha value is -1.96. The van der Waals surface area contributed by atoms with Gasteiger partial charge in [-0.1, -0.05) is 5.21 Å². The summed E-state index contributed by atoms with van der Waals surface area (Å²) in [7, 11) is 0.